The van der Waals surface area contributed by atoms with Gasteiger partial charge in [-0.05, 0) is 25.0 Å². The molecule has 26 heavy (non-hydrogen) atoms. The third-order valence-electron chi connectivity index (χ3n) is 4.60. The van der Waals surface area contributed by atoms with Crippen LogP contribution in [0.15, 0.2) is 29.5 Å². The van der Waals surface area contributed by atoms with Crippen LogP contribution in [0.2, 0.25) is 0 Å². The largest absolute Gasteiger partial charge is 0.490 e. The number of rotatable bonds is 5. The van der Waals surface area contributed by atoms with E-state index in [4.69, 9.17) is 9.47 Å². The molecule has 1 N–H and O–H groups in total. The number of aromatic nitrogens is 1. The Morgan fingerprint density at radius 1 is 1.38 bits per heavy atom. The molecule has 1 atom stereocenters. The summed E-state index contributed by atoms with van der Waals surface area (Å²) in [5, 5.41) is 3.31. The fourth-order valence-electron chi connectivity index (χ4n) is 3.21. The quantitative estimate of drug-likeness (QED) is 0.463. The second-order valence-electron chi connectivity index (χ2n) is 6.33. The molecule has 1 aromatic heterocycles. The van der Waals surface area contributed by atoms with Crippen molar-refractivity contribution in [3.63, 3.8) is 0 Å². The lowest BCUT2D eigenvalue weighted by Gasteiger charge is -2.37. The number of amides is 1. The Morgan fingerprint density at radius 2 is 2.19 bits per heavy atom. The molecule has 0 bridgehead atoms. The predicted octanol–water partition coefficient (Wildman–Crippen LogP) is 0.359. The van der Waals surface area contributed by atoms with Crippen molar-refractivity contribution in [2.24, 2.45) is 4.99 Å². The molecule has 0 saturated carbocycles. The summed E-state index contributed by atoms with van der Waals surface area (Å²) in [6.07, 6.45) is 5.01. The van der Waals surface area contributed by atoms with Gasteiger partial charge in [-0.2, -0.15) is 0 Å². The lowest BCUT2D eigenvalue weighted by Crippen LogP contribution is -2.55. The second kappa shape index (κ2) is 9.38. The van der Waals surface area contributed by atoms with Gasteiger partial charge in [-0.3, -0.25) is 14.8 Å². The number of carbonyl (C=O) groups excluding carboxylic acids is 1. The summed E-state index contributed by atoms with van der Waals surface area (Å²) in [5.41, 5.74) is 0. The Labute approximate surface area is 154 Å². The second-order valence-corrected chi connectivity index (χ2v) is 6.33. The molecule has 2 saturated heterocycles. The lowest BCUT2D eigenvalue weighted by molar-refractivity contribution is -0.142. The number of hydrogen-bond acceptors (Lipinski definition) is 5. The number of piperazine rings is 1. The van der Waals surface area contributed by atoms with Gasteiger partial charge in [0.1, 0.15) is 18.5 Å². The highest BCUT2D eigenvalue weighted by Crippen LogP contribution is 2.16. The first-order valence-corrected chi connectivity index (χ1v) is 9.17. The van der Waals surface area contributed by atoms with E-state index >= 15 is 0 Å². The molecule has 2 fully saturated rings. The Bertz CT molecular complexity index is 596. The fourth-order valence-corrected chi connectivity index (χ4v) is 3.21. The fraction of sp³-hybridized carbons (Fsp3) is 0.611. The van der Waals surface area contributed by atoms with Gasteiger partial charge in [-0.25, -0.2) is 0 Å². The van der Waals surface area contributed by atoms with Crippen LogP contribution in [0.1, 0.15) is 12.8 Å². The van der Waals surface area contributed by atoms with E-state index in [9.17, 15) is 4.79 Å². The summed E-state index contributed by atoms with van der Waals surface area (Å²) in [5.74, 6) is 1.73. The van der Waals surface area contributed by atoms with Crippen molar-refractivity contribution in [1.29, 1.82) is 0 Å². The number of nitrogens with one attached hydrogen (secondary N) is 1. The van der Waals surface area contributed by atoms with Crippen LogP contribution in [0.4, 0.5) is 0 Å². The maximum absolute atomic E-state index is 12.4. The van der Waals surface area contributed by atoms with Gasteiger partial charge in [0.05, 0.1) is 12.7 Å². The van der Waals surface area contributed by atoms with E-state index in [1.54, 1.807) is 19.4 Å². The van der Waals surface area contributed by atoms with Crippen LogP contribution in [0.3, 0.4) is 0 Å². The first-order chi connectivity index (χ1) is 12.8. The molecule has 2 aliphatic rings. The highest BCUT2D eigenvalue weighted by Gasteiger charge is 2.30. The molecule has 1 amide bonds. The molecule has 2 aliphatic heterocycles. The number of carbonyl (C=O) groups is 1. The van der Waals surface area contributed by atoms with Crippen molar-refractivity contribution in [2.75, 3.05) is 53.0 Å². The average Bonchev–Trinajstić information content (AvgIpc) is 3.23. The summed E-state index contributed by atoms with van der Waals surface area (Å²) in [7, 11) is 1.77. The molecule has 8 nitrogen and oxygen atoms in total. The zero-order valence-corrected chi connectivity index (χ0v) is 15.3. The summed E-state index contributed by atoms with van der Waals surface area (Å²) < 4.78 is 11.1. The number of hydrogen-bond donors (Lipinski definition) is 1. The third-order valence-corrected chi connectivity index (χ3v) is 4.60. The SMILES string of the molecule is CN=C(NCCOc1cccnc1)N1CCN(C(=O)C2CCCO2)CC1. The zero-order chi connectivity index (χ0) is 18.2. The Hall–Kier alpha value is -2.35. The molecule has 0 aliphatic carbocycles. The van der Waals surface area contributed by atoms with Gasteiger partial charge in [0.15, 0.2) is 5.96 Å². The monoisotopic (exact) mass is 361 g/mol. The van der Waals surface area contributed by atoms with Gasteiger partial charge in [-0.15, -0.1) is 0 Å². The summed E-state index contributed by atoms with van der Waals surface area (Å²) in [4.78, 5) is 24.8. The molecule has 0 spiro atoms. The Balaban J connectivity index is 1.38. The van der Waals surface area contributed by atoms with E-state index in [0.29, 0.717) is 32.8 Å². The van der Waals surface area contributed by atoms with E-state index in [2.05, 4.69) is 20.2 Å². The highest BCUT2D eigenvalue weighted by molar-refractivity contribution is 5.82. The first-order valence-electron chi connectivity index (χ1n) is 9.17. The molecule has 3 rings (SSSR count). The van der Waals surface area contributed by atoms with Gasteiger partial charge in [0.25, 0.3) is 5.91 Å². The minimum absolute atomic E-state index is 0.134. The predicted molar refractivity (Wildman–Crippen MR) is 98.2 cm³/mol. The van der Waals surface area contributed by atoms with E-state index in [-0.39, 0.29) is 12.0 Å². The van der Waals surface area contributed by atoms with Crippen LogP contribution < -0.4 is 10.1 Å². The van der Waals surface area contributed by atoms with Crippen LogP contribution in [0.5, 0.6) is 5.75 Å². The maximum Gasteiger partial charge on any atom is 0.251 e. The van der Waals surface area contributed by atoms with E-state index < -0.39 is 0 Å². The minimum atomic E-state index is -0.233. The van der Waals surface area contributed by atoms with E-state index in [1.165, 1.54) is 0 Å². The number of aliphatic imine (C=N–C) groups is 1. The average molecular weight is 361 g/mol. The van der Waals surface area contributed by atoms with Gasteiger partial charge >= 0.3 is 0 Å². The lowest BCUT2D eigenvalue weighted by atomic mass is 10.2. The van der Waals surface area contributed by atoms with E-state index in [1.807, 2.05) is 17.0 Å². The van der Waals surface area contributed by atoms with Crippen molar-refractivity contribution in [1.82, 2.24) is 20.1 Å². The number of pyridine rings is 1. The van der Waals surface area contributed by atoms with E-state index in [0.717, 1.165) is 37.6 Å². The summed E-state index contributed by atoms with van der Waals surface area (Å²) >= 11 is 0. The molecule has 1 aromatic rings. The van der Waals surface area contributed by atoms with Crippen molar-refractivity contribution in [3.8, 4) is 5.75 Å². The summed E-state index contributed by atoms with van der Waals surface area (Å²) in [6, 6.07) is 3.73. The van der Waals surface area contributed by atoms with Crippen molar-refractivity contribution >= 4 is 11.9 Å². The van der Waals surface area contributed by atoms with Crippen LogP contribution in [0, 0.1) is 0 Å². The standard InChI is InChI=1S/C18H27N5O3/c1-19-18(21-7-13-25-15-4-2-6-20-14-15)23-10-8-22(9-11-23)17(24)16-5-3-12-26-16/h2,4,6,14,16H,3,5,7-13H2,1H3,(H,19,21). The third kappa shape index (κ3) is 4.85. The Kier molecular flexibility index (Phi) is 6.65. The number of nitrogens with zero attached hydrogens (tertiary/aromatic N) is 4. The van der Waals surface area contributed by atoms with Gasteiger partial charge in [0.2, 0.25) is 0 Å². The topological polar surface area (TPSA) is 79.3 Å². The van der Waals surface area contributed by atoms with Crippen LogP contribution in [0.25, 0.3) is 0 Å². The molecule has 1 unspecified atom stereocenters. The maximum atomic E-state index is 12.4. The van der Waals surface area contributed by atoms with Crippen molar-refractivity contribution in [3.05, 3.63) is 24.5 Å². The van der Waals surface area contributed by atoms with Crippen molar-refractivity contribution < 1.29 is 14.3 Å². The zero-order valence-electron chi connectivity index (χ0n) is 15.3. The molecular weight excluding hydrogens is 334 g/mol. The number of guanidine groups is 1. The van der Waals surface area contributed by atoms with Gasteiger partial charge < -0.3 is 24.6 Å². The van der Waals surface area contributed by atoms with Crippen molar-refractivity contribution in [2.45, 2.75) is 18.9 Å². The molecule has 0 aromatic carbocycles. The first kappa shape index (κ1) is 18.4. The molecule has 8 heteroatoms. The smallest absolute Gasteiger partial charge is 0.251 e. The van der Waals surface area contributed by atoms with Crippen LogP contribution in [-0.4, -0.2) is 85.7 Å². The normalized spacial score (nSPS) is 21.0. The Morgan fingerprint density at radius 3 is 2.85 bits per heavy atom. The van der Waals surface area contributed by atoms with Gasteiger partial charge in [0, 0.05) is 46.0 Å². The van der Waals surface area contributed by atoms with Gasteiger partial charge in [-0.1, -0.05) is 0 Å². The molecule has 3 heterocycles. The minimum Gasteiger partial charge on any atom is -0.490 e. The molecule has 0 radical (unpaired) electrons. The highest BCUT2D eigenvalue weighted by atomic mass is 16.5. The van der Waals surface area contributed by atoms with Crippen LogP contribution >= 0.6 is 0 Å². The molecule has 142 valence electrons. The molecular formula is C18H27N5O3. The summed E-state index contributed by atoms with van der Waals surface area (Å²) in [6.45, 7) is 4.81. The van der Waals surface area contributed by atoms with Crippen LogP contribution in [-0.2, 0) is 9.53 Å². The number of ether oxygens (including phenoxy) is 2.